The Morgan fingerprint density at radius 3 is 2.74 bits per heavy atom. The summed E-state index contributed by atoms with van der Waals surface area (Å²) in [5.41, 5.74) is 0.626. The minimum Gasteiger partial charge on any atom is -0.506 e. The smallest absolute Gasteiger partial charge is 0.326 e. The third-order valence-electron chi connectivity index (χ3n) is 3.80. The van der Waals surface area contributed by atoms with E-state index in [-0.39, 0.29) is 5.56 Å². The first-order valence-corrected chi connectivity index (χ1v) is 8.49. The zero-order valence-electron chi connectivity index (χ0n) is 12.3. The number of benzene rings is 1. The zero-order chi connectivity index (χ0) is 16.8. The summed E-state index contributed by atoms with van der Waals surface area (Å²) < 4.78 is 40.8. The van der Waals surface area contributed by atoms with Crippen LogP contribution in [0.2, 0.25) is 0 Å². The highest BCUT2D eigenvalue weighted by Gasteiger charge is 2.37. The van der Waals surface area contributed by atoms with Gasteiger partial charge in [0.05, 0.1) is 0 Å². The maximum Gasteiger partial charge on any atom is 0.326 e. The van der Waals surface area contributed by atoms with Crippen molar-refractivity contribution >= 4 is 27.9 Å². The number of carbonyl (C=O) groups excluding carboxylic acids is 1. The van der Waals surface area contributed by atoms with Crippen molar-refractivity contribution < 1.29 is 22.7 Å². The molecule has 2 saturated heterocycles. The van der Waals surface area contributed by atoms with Gasteiger partial charge in [-0.15, -0.1) is 0 Å². The van der Waals surface area contributed by atoms with Crippen molar-refractivity contribution in [3.63, 3.8) is 0 Å². The molecular formula is C14H16FN3O4S. The third kappa shape index (κ3) is 2.89. The molecule has 0 unspecified atom stereocenters. The van der Waals surface area contributed by atoms with Gasteiger partial charge in [-0.2, -0.15) is 8.42 Å². The molecule has 23 heavy (non-hydrogen) atoms. The lowest BCUT2D eigenvalue weighted by atomic mass is 10.1. The van der Waals surface area contributed by atoms with Crippen molar-refractivity contribution in [2.24, 2.45) is 0 Å². The first-order valence-electron chi connectivity index (χ1n) is 7.05. The van der Waals surface area contributed by atoms with Crippen LogP contribution in [0.4, 0.5) is 10.1 Å². The van der Waals surface area contributed by atoms with Crippen molar-refractivity contribution in [1.29, 1.82) is 0 Å². The highest BCUT2D eigenvalue weighted by atomic mass is 32.2. The average molecular weight is 341 g/mol. The van der Waals surface area contributed by atoms with Gasteiger partial charge in [0.1, 0.15) is 18.0 Å². The molecule has 2 fully saturated rings. The maximum absolute atomic E-state index is 14.7. The molecule has 0 aromatic heterocycles. The van der Waals surface area contributed by atoms with Gasteiger partial charge in [-0.1, -0.05) is 11.6 Å². The molecule has 1 amide bonds. The Bertz CT molecular complexity index is 806. The number of nitrogens with one attached hydrogen (secondary N) is 2. The van der Waals surface area contributed by atoms with E-state index < -0.39 is 39.9 Å². The summed E-state index contributed by atoms with van der Waals surface area (Å²) in [5, 5.41) is 13.1. The molecule has 1 atom stereocenters. The van der Waals surface area contributed by atoms with Gasteiger partial charge in [0.15, 0.2) is 5.82 Å². The van der Waals surface area contributed by atoms with Gasteiger partial charge in [-0.05, 0) is 25.5 Å². The SMILES string of the molecule is C[C@@H]1C/C(=C/c2ccc(O)c(N3CC(=O)NS3(=O)=O)c2F)CN1. The number of rotatable bonds is 2. The van der Waals surface area contributed by atoms with Crippen LogP contribution >= 0.6 is 0 Å². The lowest BCUT2D eigenvalue weighted by Crippen LogP contribution is -2.30. The number of aromatic hydroxyl groups is 1. The Labute approximate surface area is 133 Å². The van der Waals surface area contributed by atoms with E-state index in [0.717, 1.165) is 12.0 Å². The van der Waals surface area contributed by atoms with E-state index in [1.165, 1.54) is 12.1 Å². The van der Waals surface area contributed by atoms with Crippen molar-refractivity contribution in [3.05, 3.63) is 29.1 Å². The summed E-state index contributed by atoms with van der Waals surface area (Å²) in [6, 6.07) is 2.89. The first-order chi connectivity index (χ1) is 10.8. The highest BCUT2D eigenvalue weighted by molar-refractivity contribution is 7.92. The molecule has 1 aromatic rings. The molecule has 1 aromatic carbocycles. The van der Waals surface area contributed by atoms with E-state index in [4.69, 9.17) is 0 Å². The third-order valence-corrected chi connectivity index (χ3v) is 5.18. The van der Waals surface area contributed by atoms with E-state index in [1.807, 2.05) is 6.92 Å². The van der Waals surface area contributed by atoms with Crippen molar-refractivity contribution in [2.45, 2.75) is 19.4 Å². The number of hydrogen-bond donors (Lipinski definition) is 3. The van der Waals surface area contributed by atoms with Gasteiger partial charge < -0.3 is 10.4 Å². The Morgan fingerprint density at radius 2 is 2.17 bits per heavy atom. The van der Waals surface area contributed by atoms with Crippen molar-refractivity contribution in [1.82, 2.24) is 10.0 Å². The van der Waals surface area contributed by atoms with Crippen LogP contribution < -0.4 is 14.3 Å². The van der Waals surface area contributed by atoms with E-state index in [9.17, 15) is 22.7 Å². The molecule has 3 N–H and O–H groups in total. The van der Waals surface area contributed by atoms with Crippen LogP contribution in [0.25, 0.3) is 6.08 Å². The number of phenolic OH excluding ortho intramolecular Hbond substituents is 1. The number of nitrogens with zero attached hydrogens (tertiary/aromatic N) is 1. The second kappa shape index (κ2) is 5.50. The van der Waals surface area contributed by atoms with Gasteiger partial charge in [0.2, 0.25) is 0 Å². The number of anilines is 1. The van der Waals surface area contributed by atoms with Crippen LogP contribution in [-0.4, -0.2) is 38.6 Å². The van der Waals surface area contributed by atoms with E-state index in [2.05, 4.69) is 5.32 Å². The van der Waals surface area contributed by atoms with Gasteiger partial charge in [0, 0.05) is 18.2 Å². The molecule has 0 radical (unpaired) electrons. The summed E-state index contributed by atoms with van der Waals surface area (Å²) in [4.78, 5) is 11.3. The van der Waals surface area contributed by atoms with Crippen molar-refractivity contribution in [2.75, 3.05) is 17.4 Å². The van der Waals surface area contributed by atoms with Crippen LogP contribution in [0.1, 0.15) is 18.9 Å². The lowest BCUT2D eigenvalue weighted by Gasteiger charge is -2.18. The van der Waals surface area contributed by atoms with E-state index >= 15 is 0 Å². The number of amides is 1. The quantitative estimate of drug-likeness (QED) is 0.727. The predicted molar refractivity (Wildman–Crippen MR) is 82.5 cm³/mol. The lowest BCUT2D eigenvalue weighted by molar-refractivity contribution is -0.117. The van der Waals surface area contributed by atoms with Crippen LogP contribution in [0.15, 0.2) is 17.7 Å². The van der Waals surface area contributed by atoms with Gasteiger partial charge in [0.25, 0.3) is 5.91 Å². The summed E-state index contributed by atoms with van der Waals surface area (Å²) in [6.07, 6.45) is 2.39. The first kappa shape index (κ1) is 15.8. The number of phenols is 1. The van der Waals surface area contributed by atoms with Crippen LogP contribution in [-0.2, 0) is 15.0 Å². The van der Waals surface area contributed by atoms with E-state index in [1.54, 1.807) is 10.8 Å². The van der Waals surface area contributed by atoms with Crippen LogP contribution in [0, 0.1) is 5.82 Å². The molecule has 2 aliphatic rings. The zero-order valence-corrected chi connectivity index (χ0v) is 13.2. The summed E-state index contributed by atoms with van der Waals surface area (Å²) in [7, 11) is -4.19. The fourth-order valence-electron chi connectivity index (χ4n) is 2.74. The minimum absolute atomic E-state index is 0.165. The summed E-state index contributed by atoms with van der Waals surface area (Å²) in [6.45, 7) is 2.07. The highest BCUT2D eigenvalue weighted by Crippen LogP contribution is 2.36. The normalized spacial score (nSPS) is 25.1. The standard InChI is InChI=1S/C14H16FN3O4S/c1-8-4-9(6-16-8)5-10-2-3-11(19)14(13(10)15)18-7-12(20)17-23(18,21)22/h2-3,5,8,16,19H,4,6-7H2,1H3,(H,17,20)/b9-5-/t8-/m1/s1. The molecule has 124 valence electrons. The Balaban J connectivity index is 2.05. The molecule has 9 heteroatoms. The molecule has 3 rings (SSSR count). The second-order valence-electron chi connectivity index (χ2n) is 5.66. The number of carbonyl (C=O) groups is 1. The molecule has 7 nitrogen and oxygen atoms in total. The maximum atomic E-state index is 14.7. The van der Waals surface area contributed by atoms with Gasteiger partial charge in [-0.25, -0.2) is 13.4 Å². The molecule has 0 bridgehead atoms. The molecule has 0 aliphatic carbocycles. The molecule has 0 spiro atoms. The molecule has 2 aliphatic heterocycles. The number of hydrogen-bond acceptors (Lipinski definition) is 5. The van der Waals surface area contributed by atoms with E-state index in [0.29, 0.717) is 16.9 Å². The summed E-state index contributed by atoms with van der Waals surface area (Å²) in [5.74, 6) is -2.19. The molecular weight excluding hydrogens is 325 g/mol. The monoisotopic (exact) mass is 341 g/mol. The summed E-state index contributed by atoms with van der Waals surface area (Å²) >= 11 is 0. The topological polar surface area (TPSA) is 98.7 Å². The van der Waals surface area contributed by atoms with Gasteiger partial charge in [-0.3, -0.25) is 4.79 Å². The van der Waals surface area contributed by atoms with Crippen LogP contribution in [0.3, 0.4) is 0 Å². The molecule has 0 saturated carbocycles. The predicted octanol–water partition coefficient (Wildman–Crippen LogP) is 0.477. The minimum atomic E-state index is -4.19. The van der Waals surface area contributed by atoms with Gasteiger partial charge >= 0.3 is 10.2 Å². The fraction of sp³-hybridized carbons (Fsp3) is 0.357. The fourth-order valence-corrected chi connectivity index (χ4v) is 3.90. The second-order valence-corrected chi connectivity index (χ2v) is 7.26. The number of halogens is 1. The largest absolute Gasteiger partial charge is 0.506 e. The van der Waals surface area contributed by atoms with Crippen molar-refractivity contribution in [3.8, 4) is 5.75 Å². The van der Waals surface area contributed by atoms with Crippen LogP contribution in [0.5, 0.6) is 5.75 Å². The molecule has 2 heterocycles. The average Bonchev–Trinajstić information content (AvgIpc) is 2.96. The Morgan fingerprint density at radius 1 is 1.43 bits per heavy atom. The Hall–Kier alpha value is -2.13. The Kier molecular flexibility index (Phi) is 3.77.